The number of aliphatic hydroxyl groups excluding tert-OH is 1. The van der Waals surface area contributed by atoms with E-state index in [1.165, 1.54) is 11.8 Å². The van der Waals surface area contributed by atoms with Crippen molar-refractivity contribution in [2.45, 2.75) is 42.5 Å². The van der Waals surface area contributed by atoms with Crippen LogP contribution in [0.25, 0.3) is 0 Å². The summed E-state index contributed by atoms with van der Waals surface area (Å²) in [5, 5.41) is 17.7. The van der Waals surface area contributed by atoms with Crippen molar-refractivity contribution in [3.63, 3.8) is 0 Å². The van der Waals surface area contributed by atoms with E-state index in [1.54, 1.807) is 6.07 Å². The van der Waals surface area contributed by atoms with E-state index >= 15 is 0 Å². The van der Waals surface area contributed by atoms with Crippen molar-refractivity contribution in [1.29, 1.82) is 5.26 Å². The minimum Gasteiger partial charge on any atom is -0.396 e. The van der Waals surface area contributed by atoms with Gasteiger partial charge in [-0.2, -0.15) is 5.26 Å². The Morgan fingerprint density at radius 1 is 1.39 bits per heavy atom. The van der Waals surface area contributed by atoms with Gasteiger partial charge in [-0.15, -0.1) is 12.6 Å². The number of nitriles is 1. The molecule has 7 nitrogen and oxygen atoms in total. The number of thiol groups is 1. The third kappa shape index (κ3) is 8.61. The molecule has 0 aliphatic carbocycles. The second-order valence-corrected chi connectivity index (χ2v) is 7.59. The van der Waals surface area contributed by atoms with Crippen molar-refractivity contribution in [2.75, 3.05) is 12.3 Å². The lowest BCUT2D eigenvalue weighted by molar-refractivity contribution is 0.276. The van der Waals surface area contributed by atoms with E-state index in [2.05, 4.69) is 47.5 Å². The lowest BCUT2D eigenvalue weighted by Gasteiger charge is -2.06. The van der Waals surface area contributed by atoms with Gasteiger partial charge in [-0.25, -0.2) is 15.0 Å². The Bertz CT molecular complexity index is 821. The zero-order chi connectivity index (χ0) is 20.9. The Morgan fingerprint density at radius 2 is 2.14 bits per heavy atom. The minimum absolute atomic E-state index is 0.252. The van der Waals surface area contributed by atoms with Gasteiger partial charge in [0.2, 0.25) is 0 Å². The van der Waals surface area contributed by atoms with Crippen molar-refractivity contribution in [1.82, 2.24) is 9.97 Å². The van der Waals surface area contributed by atoms with Gasteiger partial charge in [0, 0.05) is 12.4 Å². The topological polar surface area (TPSA) is 134 Å². The van der Waals surface area contributed by atoms with E-state index in [0.717, 1.165) is 30.7 Å². The molecule has 2 aromatic rings. The third-order valence-electron chi connectivity index (χ3n) is 3.43. The molecule has 5 N–H and O–H groups in total. The average Bonchev–Trinajstić information content (AvgIpc) is 2.69. The maximum absolute atomic E-state index is 8.88. The zero-order valence-electron chi connectivity index (χ0n) is 16.0. The monoisotopic (exact) mass is 418 g/mol. The minimum atomic E-state index is 0.252. The van der Waals surface area contributed by atoms with Crippen LogP contribution in [0.5, 0.6) is 0 Å². The molecule has 0 aliphatic rings. The lowest BCUT2D eigenvalue weighted by Crippen LogP contribution is -1.98. The van der Waals surface area contributed by atoms with Gasteiger partial charge in [0.25, 0.3) is 0 Å². The van der Waals surface area contributed by atoms with Crippen molar-refractivity contribution in [2.24, 2.45) is 16.6 Å². The Morgan fingerprint density at radius 3 is 2.71 bits per heavy atom. The van der Waals surface area contributed by atoms with Crippen LogP contribution in [0.4, 0.5) is 11.6 Å². The summed E-state index contributed by atoms with van der Waals surface area (Å²) in [4.78, 5) is 12.7. The quantitative estimate of drug-likeness (QED) is 0.178. The number of anilines is 1. The summed E-state index contributed by atoms with van der Waals surface area (Å²) < 4.78 is 0. The standard InChI is InChI=1S/C13H12N6S2.C6H14O/c14-5-8-2-1-3-9(4-8)6-21-13-18-11(16)10(20)12(19-13)17-7-15;1-6(2)4-3-5-7/h1-4,7,20H,6H2,(H4,15,16,17,18,19);6-7H,3-5H2,1-2H3. The van der Waals surface area contributed by atoms with Crippen LogP contribution in [0, 0.1) is 17.2 Å². The first-order valence-electron chi connectivity index (χ1n) is 8.74. The molecule has 0 saturated heterocycles. The van der Waals surface area contributed by atoms with Crippen LogP contribution in [0.3, 0.4) is 0 Å². The number of aromatic nitrogens is 2. The molecule has 1 heterocycles. The molecule has 0 radical (unpaired) electrons. The average molecular weight is 419 g/mol. The lowest BCUT2D eigenvalue weighted by atomic mass is 10.1. The molecule has 0 bridgehead atoms. The summed E-state index contributed by atoms with van der Waals surface area (Å²) in [5.41, 5.74) is 12.6. The summed E-state index contributed by atoms with van der Waals surface area (Å²) in [7, 11) is 0. The van der Waals surface area contributed by atoms with Gasteiger partial charge in [-0.05, 0) is 36.5 Å². The summed E-state index contributed by atoms with van der Waals surface area (Å²) in [5.74, 6) is 1.95. The predicted molar refractivity (Wildman–Crippen MR) is 118 cm³/mol. The first-order valence-corrected chi connectivity index (χ1v) is 10.2. The molecule has 28 heavy (non-hydrogen) atoms. The van der Waals surface area contributed by atoms with Crippen molar-refractivity contribution in [3.05, 3.63) is 35.4 Å². The molecule has 0 unspecified atom stereocenters. The Hall–Kier alpha value is -2.28. The Balaban J connectivity index is 0.000000480. The zero-order valence-corrected chi connectivity index (χ0v) is 17.7. The van der Waals surface area contributed by atoms with E-state index < -0.39 is 0 Å². The molecule has 2 rings (SSSR count). The summed E-state index contributed by atoms with van der Waals surface area (Å²) in [6, 6.07) is 9.45. The molecule has 150 valence electrons. The van der Waals surface area contributed by atoms with E-state index in [4.69, 9.17) is 21.8 Å². The number of nitrogens with zero attached hydrogens (tertiary/aromatic N) is 4. The van der Waals surface area contributed by atoms with Crippen molar-refractivity contribution in [3.8, 4) is 6.07 Å². The van der Waals surface area contributed by atoms with E-state index in [0.29, 0.717) is 33.8 Å². The number of thioether (sulfide) groups is 1. The summed E-state index contributed by atoms with van der Waals surface area (Å²) in [6.45, 7) is 4.67. The Labute approximate surface area is 175 Å². The first-order chi connectivity index (χ1) is 13.4. The maximum Gasteiger partial charge on any atom is 0.191 e. The van der Waals surface area contributed by atoms with Crippen LogP contribution < -0.4 is 11.5 Å². The van der Waals surface area contributed by atoms with Crippen LogP contribution in [0.1, 0.15) is 37.8 Å². The molecule has 0 saturated carbocycles. The largest absolute Gasteiger partial charge is 0.396 e. The molecule has 1 aromatic carbocycles. The van der Waals surface area contributed by atoms with E-state index in [-0.39, 0.29) is 5.82 Å². The fourth-order valence-corrected chi connectivity index (χ4v) is 2.99. The van der Waals surface area contributed by atoms with Gasteiger partial charge in [0.1, 0.15) is 5.82 Å². The van der Waals surface area contributed by atoms with E-state index in [1.807, 2.05) is 18.2 Å². The molecule has 0 aliphatic heterocycles. The highest BCUT2D eigenvalue weighted by Gasteiger charge is 2.09. The molecule has 1 aromatic heterocycles. The van der Waals surface area contributed by atoms with Crippen LogP contribution in [0.2, 0.25) is 0 Å². The number of aliphatic hydroxyl groups is 1. The predicted octanol–water partition coefficient (Wildman–Crippen LogP) is 3.54. The molecule has 0 fully saturated rings. The van der Waals surface area contributed by atoms with Crippen molar-refractivity contribution >= 4 is 42.4 Å². The number of hydrogen-bond donors (Lipinski definition) is 4. The van der Waals surface area contributed by atoms with Crippen LogP contribution in [0.15, 0.2) is 39.3 Å². The highest BCUT2D eigenvalue weighted by molar-refractivity contribution is 7.98. The van der Waals surface area contributed by atoms with E-state index in [9.17, 15) is 0 Å². The number of nitrogens with two attached hydrogens (primary N) is 2. The fraction of sp³-hybridized carbons (Fsp3) is 0.368. The number of hydrogen-bond acceptors (Lipinski definition) is 8. The molecular weight excluding hydrogens is 392 g/mol. The van der Waals surface area contributed by atoms with Gasteiger partial charge in [0.15, 0.2) is 11.0 Å². The number of nitrogen functional groups attached to an aromatic ring is 1. The molecule has 9 heteroatoms. The maximum atomic E-state index is 8.88. The number of aliphatic imine (C=N–C) groups is 1. The number of rotatable bonds is 7. The highest BCUT2D eigenvalue weighted by Crippen LogP contribution is 2.29. The second kappa shape index (κ2) is 13.0. The van der Waals surface area contributed by atoms with Gasteiger partial charge in [-0.1, -0.05) is 37.7 Å². The second-order valence-electron chi connectivity index (χ2n) is 6.20. The molecule has 0 amide bonds. The SMILES string of the molecule is CC(C)CCCO.N#Cc1cccc(CSc2nc(N)c(S)c(N=CN)n2)c1. The third-order valence-corrected chi connectivity index (χ3v) is 4.78. The molecule has 0 atom stereocenters. The van der Waals surface area contributed by atoms with Gasteiger partial charge in [0.05, 0.1) is 22.9 Å². The van der Waals surface area contributed by atoms with Crippen LogP contribution in [-0.4, -0.2) is 28.0 Å². The van der Waals surface area contributed by atoms with Crippen LogP contribution in [-0.2, 0) is 5.75 Å². The fourth-order valence-electron chi connectivity index (χ4n) is 2.04. The van der Waals surface area contributed by atoms with Gasteiger partial charge < -0.3 is 16.6 Å². The van der Waals surface area contributed by atoms with Crippen LogP contribution >= 0.6 is 24.4 Å². The smallest absolute Gasteiger partial charge is 0.191 e. The Kier molecular flexibility index (Phi) is 11.0. The van der Waals surface area contributed by atoms with Crippen molar-refractivity contribution < 1.29 is 5.11 Å². The number of benzene rings is 1. The summed E-state index contributed by atoms with van der Waals surface area (Å²) in [6.07, 6.45) is 3.24. The summed E-state index contributed by atoms with van der Waals surface area (Å²) >= 11 is 5.59. The molecule has 0 spiro atoms. The van der Waals surface area contributed by atoms with Gasteiger partial charge >= 0.3 is 0 Å². The first kappa shape index (κ1) is 23.8. The molecular formula is C19H26N6OS2. The highest BCUT2D eigenvalue weighted by atomic mass is 32.2. The van der Waals surface area contributed by atoms with Gasteiger partial charge in [-0.3, -0.25) is 0 Å². The normalized spacial score (nSPS) is 10.6.